The molecule has 2 rings (SSSR count). The minimum Gasteiger partial charge on any atom is -0.394 e. The molecule has 2 aliphatic carbocycles. The number of aliphatic hydroxyl groups is 1. The van der Waals surface area contributed by atoms with Crippen LogP contribution in [0.4, 0.5) is 0 Å². The Labute approximate surface area is 118 Å². The molecule has 0 bridgehead atoms. The number of hydrogen-bond donors (Lipinski definition) is 2. The molecule has 2 atom stereocenters. The van der Waals surface area contributed by atoms with Crippen LogP contribution < -0.4 is 5.32 Å². The predicted molar refractivity (Wildman–Crippen MR) is 78.3 cm³/mol. The summed E-state index contributed by atoms with van der Waals surface area (Å²) in [6, 6.07) is 0. The van der Waals surface area contributed by atoms with Crippen molar-refractivity contribution >= 4 is 0 Å². The summed E-state index contributed by atoms with van der Waals surface area (Å²) < 4.78 is 6.08. The summed E-state index contributed by atoms with van der Waals surface area (Å²) in [4.78, 5) is 0. The van der Waals surface area contributed by atoms with E-state index in [0.717, 1.165) is 38.3 Å². The maximum Gasteiger partial charge on any atom is 0.0614 e. The third kappa shape index (κ3) is 4.44. The first-order valence-electron chi connectivity index (χ1n) is 8.25. The van der Waals surface area contributed by atoms with E-state index in [1.54, 1.807) is 0 Å². The van der Waals surface area contributed by atoms with Gasteiger partial charge in [0.05, 0.1) is 12.7 Å². The molecule has 112 valence electrons. The summed E-state index contributed by atoms with van der Waals surface area (Å²) in [7, 11) is 0. The van der Waals surface area contributed by atoms with Crippen LogP contribution >= 0.6 is 0 Å². The lowest BCUT2D eigenvalue weighted by molar-refractivity contribution is -0.0225. The van der Waals surface area contributed by atoms with Crippen molar-refractivity contribution in [3.8, 4) is 0 Å². The van der Waals surface area contributed by atoms with E-state index in [4.69, 9.17) is 4.74 Å². The van der Waals surface area contributed by atoms with Crippen molar-refractivity contribution in [2.24, 2.45) is 5.92 Å². The predicted octanol–water partition coefficient (Wildman–Crippen LogP) is 2.87. The topological polar surface area (TPSA) is 41.5 Å². The van der Waals surface area contributed by atoms with Gasteiger partial charge in [-0.2, -0.15) is 0 Å². The summed E-state index contributed by atoms with van der Waals surface area (Å²) in [5.74, 6) is 0.935. The van der Waals surface area contributed by atoms with Crippen molar-refractivity contribution < 1.29 is 9.84 Å². The lowest BCUT2D eigenvalue weighted by atomic mass is 9.80. The van der Waals surface area contributed by atoms with E-state index >= 15 is 0 Å². The third-order valence-corrected chi connectivity index (χ3v) is 4.96. The van der Waals surface area contributed by atoms with Crippen molar-refractivity contribution in [1.82, 2.24) is 5.32 Å². The van der Waals surface area contributed by atoms with Crippen LogP contribution in [-0.2, 0) is 4.74 Å². The highest BCUT2D eigenvalue weighted by molar-refractivity contribution is 4.93. The maximum absolute atomic E-state index is 9.73. The van der Waals surface area contributed by atoms with Crippen LogP contribution in [0.25, 0.3) is 0 Å². The third-order valence-electron chi connectivity index (χ3n) is 4.96. The molecule has 2 aliphatic rings. The number of ether oxygens (including phenoxy) is 1. The molecule has 0 saturated heterocycles. The zero-order valence-corrected chi connectivity index (χ0v) is 12.5. The molecule has 0 aromatic heterocycles. The van der Waals surface area contributed by atoms with Crippen LogP contribution in [0.3, 0.4) is 0 Å². The monoisotopic (exact) mass is 269 g/mol. The summed E-state index contributed by atoms with van der Waals surface area (Å²) in [6.45, 7) is 4.34. The SMILES string of the molecule is CCCNC1(CO)CCCC(OCCC2CCC2)C1. The Kier molecular flexibility index (Phi) is 6.11. The molecule has 2 N–H and O–H groups in total. The Morgan fingerprint density at radius 3 is 2.74 bits per heavy atom. The second-order valence-corrected chi connectivity index (χ2v) is 6.54. The molecule has 19 heavy (non-hydrogen) atoms. The molecule has 0 aromatic rings. The number of aliphatic hydroxyl groups excluding tert-OH is 1. The standard InChI is InChI=1S/C16H31NO2/c1-2-10-17-16(13-18)9-4-7-15(12-16)19-11-8-14-5-3-6-14/h14-15,17-18H,2-13H2,1H3. The summed E-state index contributed by atoms with van der Waals surface area (Å²) in [5, 5.41) is 13.3. The zero-order chi connectivity index (χ0) is 13.6. The average molecular weight is 269 g/mol. The quantitative estimate of drug-likeness (QED) is 0.712. The smallest absolute Gasteiger partial charge is 0.0614 e. The first-order valence-corrected chi connectivity index (χ1v) is 8.25. The van der Waals surface area contributed by atoms with E-state index in [1.165, 1.54) is 38.5 Å². The first-order chi connectivity index (χ1) is 9.28. The summed E-state index contributed by atoms with van der Waals surface area (Å²) >= 11 is 0. The molecule has 3 heteroatoms. The van der Waals surface area contributed by atoms with E-state index in [0.29, 0.717) is 6.10 Å². The summed E-state index contributed by atoms with van der Waals surface area (Å²) in [5.41, 5.74) is -0.0740. The molecule has 3 nitrogen and oxygen atoms in total. The van der Waals surface area contributed by atoms with Crippen LogP contribution in [0.1, 0.15) is 64.7 Å². The van der Waals surface area contributed by atoms with Gasteiger partial charge >= 0.3 is 0 Å². The molecule has 0 aromatic carbocycles. The van der Waals surface area contributed by atoms with Gasteiger partial charge in [-0.25, -0.2) is 0 Å². The molecule has 0 amide bonds. The lowest BCUT2D eigenvalue weighted by Crippen LogP contribution is -2.53. The lowest BCUT2D eigenvalue weighted by Gasteiger charge is -2.40. The Morgan fingerprint density at radius 1 is 1.26 bits per heavy atom. The fraction of sp³-hybridized carbons (Fsp3) is 1.00. The van der Waals surface area contributed by atoms with Gasteiger partial charge in [0.2, 0.25) is 0 Å². The zero-order valence-electron chi connectivity index (χ0n) is 12.5. The number of hydrogen-bond acceptors (Lipinski definition) is 3. The van der Waals surface area contributed by atoms with E-state index in [1.807, 2.05) is 0 Å². The Hall–Kier alpha value is -0.120. The largest absolute Gasteiger partial charge is 0.394 e. The summed E-state index contributed by atoms with van der Waals surface area (Å²) in [6.07, 6.45) is 11.4. The Bertz CT molecular complexity index is 255. The van der Waals surface area contributed by atoms with Gasteiger partial charge in [-0.15, -0.1) is 0 Å². The fourth-order valence-corrected chi connectivity index (χ4v) is 3.38. The average Bonchev–Trinajstić information content (AvgIpc) is 2.40. The van der Waals surface area contributed by atoms with Gasteiger partial charge in [0.1, 0.15) is 0 Å². The van der Waals surface area contributed by atoms with Crippen LogP contribution in [-0.4, -0.2) is 36.5 Å². The molecule has 0 spiro atoms. The van der Waals surface area contributed by atoms with Gasteiger partial charge in [-0.05, 0) is 51.0 Å². The van der Waals surface area contributed by atoms with E-state index in [-0.39, 0.29) is 12.1 Å². The number of rotatable bonds is 8. The van der Waals surface area contributed by atoms with Crippen LogP contribution in [0.2, 0.25) is 0 Å². The Morgan fingerprint density at radius 2 is 2.11 bits per heavy atom. The van der Waals surface area contributed by atoms with Gasteiger partial charge < -0.3 is 15.2 Å². The van der Waals surface area contributed by atoms with Crippen molar-refractivity contribution in [2.75, 3.05) is 19.8 Å². The normalized spacial score (nSPS) is 32.2. The molecular formula is C16H31NO2. The van der Waals surface area contributed by atoms with E-state index in [9.17, 15) is 5.11 Å². The highest BCUT2D eigenvalue weighted by Gasteiger charge is 2.35. The first kappa shape index (κ1) is 15.3. The van der Waals surface area contributed by atoms with Gasteiger partial charge in [-0.1, -0.05) is 26.2 Å². The van der Waals surface area contributed by atoms with Crippen molar-refractivity contribution in [1.29, 1.82) is 0 Å². The van der Waals surface area contributed by atoms with Crippen molar-refractivity contribution in [3.63, 3.8) is 0 Å². The van der Waals surface area contributed by atoms with E-state index in [2.05, 4.69) is 12.2 Å². The van der Waals surface area contributed by atoms with Gasteiger partial charge in [0.15, 0.2) is 0 Å². The van der Waals surface area contributed by atoms with Crippen LogP contribution in [0.5, 0.6) is 0 Å². The fourth-order valence-electron chi connectivity index (χ4n) is 3.38. The highest BCUT2D eigenvalue weighted by Crippen LogP contribution is 2.32. The van der Waals surface area contributed by atoms with Crippen LogP contribution in [0.15, 0.2) is 0 Å². The highest BCUT2D eigenvalue weighted by atomic mass is 16.5. The van der Waals surface area contributed by atoms with Crippen LogP contribution in [0, 0.1) is 5.92 Å². The molecular weight excluding hydrogens is 238 g/mol. The molecule has 2 saturated carbocycles. The molecule has 0 aliphatic heterocycles. The minimum absolute atomic E-state index is 0.0740. The molecule has 0 heterocycles. The second kappa shape index (κ2) is 7.61. The Balaban J connectivity index is 1.71. The van der Waals surface area contributed by atoms with E-state index < -0.39 is 0 Å². The molecule has 2 unspecified atom stereocenters. The van der Waals surface area contributed by atoms with Gasteiger partial charge in [-0.3, -0.25) is 0 Å². The number of nitrogens with one attached hydrogen (secondary N) is 1. The second-order valence-electron chi connectivity index (χ2n) is 6.54. The van der Waals surface area contributed by atoms with Gasteiger partial charge in [0, 0.05) is 12.1 Å². The van der Waals surface area contributed by atoms with Gasteiger partial charge in [0.25, 0.3) is 0 Å². The minimum atomic E-state index is -0.0740. The molecule has 2 fully saturated rings. The van der Waals surface area contributed by atoms with Crippen molar-refractivity contribution in [3.05, 3.63) is 0 Å². The van der Waals surface area contributed by atoms with Crippen molar-refractivity contribution in [2.45, 2.75) is 76.4 Å². The molecule has 0 radical (unpaired) electrons. The maximum atomic E-state index is 9.73.